The van der Waals surface area contributed by atoms with E-state index >= 15 is 0 Å². The highest BCUT2D eigenvalue weighted by atomic mass is 16.7. The van der Waals surface area contributed by atoms with Crippen LogP contribution >= 0.6 is 0 Å². The number of nitrogens with zero attached hydrogens (tertiary/aromatic N) is 1. The van der Waals surface area contributed by atoms with Gasteiger partial charge in [-0.25, -0.2) is 4.79 Å². The molecule has 1 heterocycles. The third kappa shape index (κ3) is 2.30. The quantitative estimate of drug-likeness (QED) is 0.771. The predicted molar refractivity (Wildman–Crippen MR) is 65.1 cm³/mol. The number of anilines is 1. The molecular weight excluding hydrogens is 234 g/mol. The minimum absolute atomic E-state index is 0.214. The zero-order valence-electron chi connectivity index (χ0n) is 10.4. The smallest absolute Gasteiger partial charge is 0.417 e. The highest BCUT2D eigenvalue weighted by Crippen LogP contribution is 2.31. The lowest BCUT2D eigenvalue weighted by Crippen LogP contribution is -2.38. The summed E-state index contributed by atoms with van der Waals surface area (Å²) >= 11 is 0. The lowest BCUT2D eigenvalue weighted by molar-refractivity contribution is -0.193. The Labute approximate surface area is 105 Å². The molecule has 1 unspecified atom stereocenters. The topological polar surface area (TPSA) is 55.8 Å². The van der Waals surface area contributed by atoms with Gasteiger partial charge in [-0.05, 0) is 12.1 Å². The van der Waals surface area contributed by atoms with Crippen LogP contribution < -0.4 is 4.90 Å². The van der Waals surface area contributed by atoms with Gasteiger partial charge in [-0.3, -0.25) is 9.69 Å². The summed E-state index contributed by atoms with van der Waals surface area (Å²) < 4.78 is 10.4. The van der Waals surface area contributed by atoms with Crippen molar-refractivity contribution in [1.29, 1.82) is 0 Å². The average molecular weight is 249 g/mol. The number of para-hydroxylation sites is 1. The normalized spacial score (nSPS) is 22.8. The van der Waals surface area contributed by atoms with Gasteiger partial charge in [0.1, 0.15) is 6.54 Å². The molecular formula is C13H15NO4. The maximum Gasteiger partial charge on any atom is 0.417 e. The average Bonchev–Trinajstić information content (AvgIpc) is 2.67. The summed E-state index contributed by atoms with van der Waals surface area (Å²) in [6, 6.07) is 9.15. The molecule has 0 radical (unpaired) electrons. The molecule has 1 aliphatic rings. The molecule has 1 amide bonds. The van der Waals surface area contributed by atoms with Crippen molar-refractivity contribution >= 4 is 17.7 Å². The summed E-state index contributed by atoms with van der Waals surface area (Å²) in [5.74, 6) is -1.63. The number of carbonyl (C=O) groups is 2. The summed E-state index contributed by atoms with van der Waals surface area (Å²) in [7, 11) is 0. The van der Waals surface area contributed by atoms with Gasteiger partial charge in [0.15, 0.2) is 0 Å². The lowest BCUT2D eigenvalue weighted by Gasteiger charge is -2.24. The monoisotopic (exact) mass is 249 g/mol. The molecule has 1 fully saturated rings. The van der Waals surface area contributed by atoms with Gasteiger partial charge in [-0.2, -0.15) is 0 Å². The maximum atomic E-state index is 11.8. The van der Waals surface area contributed by atoms with Crippen molar-refractivity contribution in [2.75, 3.05) is 11.4 Å². The summed E-state index contributed by atoms with van der Waals surface area (Å²) in [4.78, 5) is 24.4. The molecule has 1 aliphatic heterocycles. The Morgan fingerprint density at radius 1 is 1.44 bits per heavy atom. The van der Waals surface area contributed by atoms with Gasteiger partial charge in [-0.1, -0.05) is 25.1 Å². The zero-order chi connectivity index (χ0) is 13.2. The van der Waals surface area contributed by atoms with Crippen LogP contribution in [0.1, 0.15) is 20.3 Å². The molecule has 1 saturated heterocycles. The number of ether oxygens (including phenoxy) is 2. The summed E-state index contributed by atoms with van der Waals surface area (Å²) in [6.45, 7) is 3.33. The fourth-order valence-corrected chi connectivity index (χ4v) is 1.93. The van der Waals surface area contributed by atoms with E-state index in [9.17, 15) is 9.59 Å². The molecule has 0 saturated carbocycles. The number of amides is 1. The Morgan fingerprint density at radius 3 is 2.67 bits per heavy atom. The van der Waals surface area contributed by atoms with E-state index in [1.807, 2.05) is 25.1 Å². The van der Waals surface area contributed by atoms with Crippen molar-refractivity contribution in [2.45, 2.75) is 26.1 Å². The molecule has 1 aromatic carbocycles. The highest BCUT2D eigenvalue weighted by Gasteiger charge is 2.47. The highest BCUT2D eigenvalue weighted by molar-refractivity contribution is 5.90. The van der Waals surface area contributed by atoms with Crippen LogP contribution in [-0.4, -0.2) is 24.4 Å². The standard InChI is InChI=1S/C13H15NO4/c1-3-13(17-10(2)15)9-14(12(16)18-13)11-7-5-4-6-8-11/h4-8H,3,9H2,1-2H3. The van der Waals surface area contributed by atoms with Gasteiger partial charge in [0.2, 0.25) is 0 Å². The van der Waals surface area contributed by atoms with Crippen molar-refractivity contribution in [2.24, 2.45) is 0 Å². The lowest BCUT2D eigenvalue weighted by atomic mass is 10.2. The molecule has 0 bridgehead atoms. The number of hydrogen-bond acceptors (Lipinski definition) is 4. The van der Waals surface area contributed by atoms with Crippen LogP contribution in [0.5, 0.6) is 0 Å². The van der Waals surface area contributed by atoms with Crippen molar-refractivity contribution in [1.82, 2.24) is 0 Å². The van der Waals surface area contributed by atoms with E-state index in [0.29, 0.717) is 6.42 Å². The Bertz CT molecular complexity index is 459. The van der Waals surface area contributed by atoms with Crippen molar-refractivity contribution in [3.63, 3.8) is 0 Å². The first kappa shape index (κ1) is 12.4. The first-order valence-electron chi connectivity index (χ1n) is 5.81. The largest absolute Gasteiger partial charge is 0.421 e. The number of hydrogen-bond donors (Lipinski definition) is 0. The van der Waals surface area contributed by atoms with Gasteiger partial charge in [0.05, 0.1) is 0 Å². The van der Waals surface area contributed by atoms with Crippen molar-refractivity contribution in [3.05, 3.63) is 30.3 Å². The summed E-state index contributed by atoms with van der Waals surface area (Å²) in [5, 5.41) is 0. The Morgan fingerprint density at radius 2 is 2.11 bits per heavy atom. The van der Waals surface area contributed by atoms with E-state index in [-0.39, 0.29) is 6.54 Å². The van der Waals surface area contributed by atoms with Crippen LogP contribution in [0.4, 0.5) is 10.5 Å². The van der Waals surface area contributed by atoms with E-state index < -0.39 is 17.8 Å². The number of esters is 1. The molecule has 5 heteroatoms. The van der Waals surface area contributed by atoms with E-state index in [1.165, 1.54) is 11.8 Å². The molecule has 0 aliphatic carbocycles. The second kappa shape index (κ2) is 4.68. The molecule has 0 spiro atoms. The Balaban J connectivity index is 2.22. The van der Waals surface area contributed by atoms with Gasteiger partial charge in [-0.15, -0.1) is 0 Å². The van der Waals surface area contributed by atoms with E-state index in [0.717, 1.165) is 5.69 Å². The van der Waals surface area contributed by atoms with Gasteiger partial charge >= 0.3 is 12.1 Å². The Hall–Kier alpha value is -2.04. The SMILES string of the molecule is CCC1(OC(C)=O)CN(c2ccccc2)C(=O)O1. The third-order valence-electron chi connectivity index (χ3n) is 2.83. The minimum atomic E-state index is -1.17. The molecule has 18 heavy (non-hydrogen) atoms. The third-order valence-corrected chi connectivity index (χ3v) is 2.83. The van der Waals surface area contributed by atoms with Crippen LogP contribution in [-0.2, 0) is 14.3 Å². The zero-order valence-corrected chi connectivity index (χ0v) is 10.4. The molecule has 5 nitrogen and oxygen atoms in total. The number of carbonyl (C=O) groups excluding carboxylic acids is 2. The Kier molecular flexibility index (Phi) is 3.23. The van der Waals surface area contributed by atoms with Crippen LogP contribution in [0.15, 0.2) is 30.3 Å². The van der Waals surface area contributed by atoms with E-state index in [4.69, 9.17) is 9.47 Å². The van der Waals surface area contributed by atoms with Crippen LogP contribution in [0.3, 0.4) is 0 Å². The van der Waals surface area contributed by atoms with Crippen LogP contribution in [0.25, 0.3) is 0 Å². The van der Waals surface area contributed by atoms with Gasteiger partial charge in [0, 0.05) is 19.0 Å². The molecule has 0 N–H and O–H groups in total. The van der Waals surface area contributed by atoms with Crippen LogP contribution in [0.2, 0.25) is 0 Å². The first-order valence-corrected chi connectivity index (χ1v) is 5.81. The molecule has 2 rings (SSSR count). The van der Waals surface area contributed by atoms with Gasteiger partial charge in [0.25, 0.3) is 5.79 Å². The number of rotatable bonds is 3. The molecule has 1 atom stereocenters. The fourth-order valence-electron chi connectivity index (χ4n) is 1.93. The van der Waals surface area contributed by atoms with E-state index in [2.05, 4.69) is 0 Å². The molecule has 0 aromatic heterocycles. The molecule has 1 aromatic rings. The predicted octanol–water partition coefficient (Wildman–Crippen LogP) is 2.31. The summed E-state index contributed by atoms with van der Waals surface area (Å²) in [5.41, 5.74) is 0.727. The van der Waals surface area contributed by atoms with E-state index in [1.54, 1.807) is 12.1 Å². The van der Waals surface area contributed by atoms with Crippen molar-refractivity contribution < 1.29 is 19.1 Å². The van der Waals surface area contributed by atoms with Gasteiger partial charge < -0.3 is 9.47 Å². The fraction of sp³-hybridized carbons (Fsp3) is 0.385. The van der Waals surface area contributed by atoms with Crippen molar-refractivity contribution in [3.8, 4) is 0 Å². The maximum absolute atomic E-state index is 11.8. The number of benzene rings is 1. The second-order valence-electron chi connectivity index (χ2n) is 4.15. The number of cyclic esters (lactones) is 1. The second-order valence-corrected chi connectivity index (χ2v) is 4.15. The summed E-state index contributed by atoms with van der Waals surface area (Å²) in [6.07, 6.45) is -0.0777. The molecule has 96 valence electrons. The van der Waals surface area contributed by atoms with Crippen LogP contribution in [0, 0.1) is 0 Å². The minimum Gasteiger partial charge on any atom is -0.421 e. The first-order chi connectivity index (χ1) is 8.56.